The molecule has 0 saturated heterocycles. The van der Waals surface area contributed by atoms with E-state index in [9.17, 15) is 9.18 Å². The molecule has 7 heteroatoms. The molecule has 3 N–H and O–H groups in total. The number of benzene rings is 2. The second kappa shape index (κ2) is 5.76. The van der Waals surface area contributed by atoms with Crippen molar-refractivity contribution in [1.82, 2.24) is 9.97 Å². The van der Waals surface area contributed by atoms with Gasteiger partial charge in [-0.15, -0.1) is 0 Å². The summed E-state index contributed by atoms with van der Waals surface area (Å²) >= 11 is 3.59. The fraction of sp³-hybridized carbons (Fsp3) is 0.0667. The molecule has 0 aliphatic heterocycles. The van der Waals surface area contributed by atoms with Gasteiger partial charge in [0.1, 0.15) is 5.82 Å². The number of aromatic amines is 1. The fourth-order valence-corrected chi connectivity index (χ4v) is 2.76. The quantitative estimate of drug-likeness (QED) is 0.607. The van der Waals surface area contributed by atoms with Gasteiger partial charge in [0.2, 0.25) is 5.95 Å². The van der Waals surface area contributed by atoms with Crippen LogP contribution in [0.25, 0.3) is 11.0 Å². The number of carboxylic acid groups (broad SMARTS) is 1. The van der Waals surface area contributed by atoms with E-state index in [1.165, 1.54) is 12.1 Å². The van der Waals surface area contributed by atoms with Crippen molar-refractivity contribution in [3.8, 4) is 0 Å². The number of hydrogen-bond acceptors (Lipinski definition) is 2. The van der Waals surface area contributed by atoms with Gasteiger partial charge in [0, 0.05) is 0 Å². The third-order valence-corrected chi connectivity index (χ3v) is 4.24. The van der Waals surface area contributed by atoms with E-state index < -0.39 is 6.09 Å². The van der Waals surface area contributed by atoms with Crippen molar-refractivity contribution in [3.63, 3.8) is 0 Å². The van der Waals surface area contributed by atoms with Crippen molar-refractivity contribution >= 4 is 39.0 Å². The number of alkyl halides is 1. The first-order valence-corrected chi connectivity index (χ1v) is 7.33. The number of amides is 1. The zero-order chi connectivity index (χ0) is 15.7. The van der Waals surface area contributed by atoms with Gasteiger partial charge < -0.3 is 10.1 Å². The van der Waals surface area contributed by atoms with Gasteiger partial charge in [-0.1, -0.05) is 34.1 Å². The van der Waals surface area contributed by atoms with Crippen LogP contribution >= 0.6 is 15.9 Å². The average molecular weight is 364 g/mol. The van der Waals surface area contributed by atoms with Crippen LogP contribution in [0.1, 0.15) is 16.0 Å². The molecule has 3 aromatic rings. The molecule has 112 valence electrons. The van der Waals surface area contributed by atoms with Crippen molar-refractivity contribution in [2.45, 2.75) is 4.83 Å². The number of H-pyrrole nitrogens is 1. The van der Waals surface area contributed by atoms with Crippen LogP contribution in [0.5, 0.6) is 0 Å². The number of nitrogens with one attached hydrogen (secondary N) is 2. The van der Waals surface area contributed by atoms with E-state index in [0.717, 1.165) is 11.1 Å². The Kier molecular flexibility index (Phi) is 3.81. The second-order valence-corrected chi connectivity index (χ2v) is 5.62. The highest BCUT2D eigenvalue weighted by molar-refractivity contribution is 9.09. The molecule has 22 heavy (non-hydrogen) atoms. The Morgan fingerprint density at radius 3 is 2.59 bits per heavy atom. The maximum atomic E-state index is 13.0. The van der Waals surface area contributed by atoms with Crippen LogP contribution in [0.4, 0.5) is 15.1 Å². The van der Waals surface area contributed by atoms with E-state index in [-0.39, 0.29) is 16.6 Å². The van der Waals surface area contributed by atoms with Crippen LogP contribution in [0.3, 0.4) is 0 Å². The molecule has 0 fully saturated rings. The Labute approximate surface area is 133 Å². The average Bonchev–Trinajstić information content (AvgIpc) is 2.87. The van der Waals surface area contributed by atoms with Crippen molar-refractivity contribution < 1.29 is 14.3 Å². The predicted octanol–water partition coefficient (Wildman–Crippen LogP) is 4.28. The summed E-state index contributed by atoms with van der Waals surface area (Å²) in [4.78, 5) is 17.5. The zero-order valence-corrected chi connectivity index (χ0v) is 12.8. The molecule has 1 unspecified atom stereocenters. The minimum absolute atomic E-state index is 0.100. The van der Waals surface area contributed by atoms with Gasteiger partial charge in [-0.25, -0.2) is 14.2 Å². The summed E-state index contributed by atoms with van der Waals surface area (Å²) in [5.41, 5.74) is 3.24. The number of imidazole rings is 1. The molecule has 0 bridgehead atoms. The number of halogens is 2. The maximum absolute atomic E-state index is 13.0. The second-order valence-electron chi connectivity index (χ2n) is 4.71. The molecule has 1 aromatic heterocycles. The summed E-state index contributed by atoms with van der Waals surface area (Å²) in [5.74, 6) is -0.107. The van der Waals surface area contributed by atoms with E-state index in [1.54, 1.807) is 18.2 Å². The maximum Gasteiger partial charge on any atom is 0.411 e. The summed E-state index contributed by atoms with van der Waals surface area (Å²) in [6.07, 6.45) is -1.18. The van der Waals surface area contributed by atoms with Crippen LogP contribution in [-0.2, 0) is 0 Å². The smallest absolute Gasteiger partial charge is 0.411 e. The lowest BCUT2D eigenvalue weighted by Crippen LogP contribution is -2.08. The molecule has 2 aromatic carbocycles. The highest BCUT2D eigenvalue weighted by atomic mass is 79.9. The molecule has 1 heterocycles. The van der Waals surface area contributed by atoms with Crippen molar-refractivity contribution in [2.75, 3.05) is 5.32 Å². The van der Waals surface area contributed by atoms with Gasteiger partial charge in [-0.05, 0) is 35.4 Å². The first-order valence-electron chi connectivity index (χ1n) is 6.42. The normalized spacial score (nSPS) is 12.3. The van der Waals surface area contributed by atoms with Crippen LogP contribution in [0, 0.1) is 5.82 Å². The van der Waals surface area contributed by atoms with E-state index >= 15 is 0 Å². The van der Waals surface area contributed by atoms with Gasteiger partial charge in [0.25, 0.3) is 0 Å². The van der Waals surface area contributed by atoms with Gasteiger partial charge >= 0.3 is 6.09 Å². The molecule has 0 radical (unpaired) electrons. The van der Waals surface area contributed by atoms with Crippen molar-refractivity contribution in [3.05, 3.63) is 59.4 Å². The summed E-state index contributed by atoms with van der Waals surface area (Å²) < 4.78 is 13.0. The van der Waals surface area contributed by atoms with E-state index in [4.69, 9.17) is 5.11 Å². The number of fused-ring (bicyclic) bond motifs is 1. The monoisotopic (exact) mass is 363 g/mol. The third-order valence-electron chi connectivity index (χ3n) is 3.19. The molecule has 0 aliphatic carbocycles. The molecule has 5 nitrogen and oxygen atoms in total. The first-order chi connectivity index (χ1) is 10.5. The summed E-state index contributed by atoms with van der Waals surface area (Å²) in [6, 6.07) is 11.8. The molecule has 3 rings (SSSR count). The highest BCUT2D eigenvalue weighted by Crippen LogP contribution is 2.32. The number of nitrogens with zero attached hydrogens (tertiary/aromatic N) is 1. The third kappa shape index (κ3) is 2.94. The lowest BCUT2D eigenvalue weighted by atomic mass is 10.0. The molecule has 0 spiro atoms. The van der Waals surface area contributed by atoms with E-state index in [2.05, 4.69) is 31.2 Å². The summed E-state index contributed by atoms with van der Waals surface area (Å²) in [6.45, 7) is 0. The summed E-state index contributed by atoms with van der Waals surface area (Å²) in [5, 5.41) is 10.9. The number of aromatic nitrogens is 2. The van der Waals surface area contributed by atoms with Crippen LogP contribution in [0.15, 0.2) is 42.5 Å². The van der Waals surface area contributed by atoms with Gasteiger partial charge in [-0.2, -0.15) is 0 Å². The highest BCUT2D eigenvalue weighted by Gasteiger charge is 2.13. The lowest BCUT2D eigenvalue weighted by molar-refractivity contribution is 0.209. The minimum Gasteiger partial charge on any atom is -0.465 e. The zero-order valence-electron chi connectivity index (χ0n) is 11.2. The Morgan fingerprint density at radius 2 is 1.91 bits per heavy atom. The number of carbonyl (C=O) groups is 1. The van der Waals surface area contributed by atoms with E-state index in [0.29, 0.717) is 11.0 Å². The van der Waals surface area contributed by atoms with Gasteiger partial charge in [0.05, 0.1) is 15.9 Å². The Balaban J connectivity index is 1.93. The SMILES string of the molecule is O=C(O)Nc1nc2ccc(C(Br)c3ccc(F)cc3)cc2[nH]1. The van der Waals surface area contributed by atoms with Gasteiger partial charge in [0.15, 0.2) is 0 Å². The molecule has 0 saturated carbocycles. The molecule has 1 amide bonds. The van der Waals surface area contributed by atoms with E-state index in [1.807, 2.05) is 12.1 Å². The standard InChI is InChI=1S/C15H11BrFN3O2/c16-13(8-1-4-10(17)5-2-8)9-3-6-11-12(7-9)19-14(18-11)20-15(21)22/h1-7,13H,(H,21,22)(H2,18,19,20). The van der Waals surface area contributed by atoms with Crippen LogP contribution in [-0.4, -0.2) is 21.2 Å². The Morgan fingerprint density at radius 1 is 1.23 bits per heavy atom. The molecular weight excluding hydrogens is 353 g/mol. The number of anilines is 1. The van der Waals surface area contributed by atoms with Gasteiger partial charge in [-0.3, -0.25) is 5.32 Å². The number of rotatable bonds is 3. The largest absolute Gasteiger partial charge is 0.465 e. The Hall–Kier alpha value is -2.41. The minimum atomic E-state index is -1.18. The summed E-state index contributed by atoms with van der Waals surface area (Å²) in [7, 11) is 0. The Bertz CT molecular complexity index is 832. The van der Waals surface area contributed by atoms with Crippen LogP contribution in [0.2, 0.25) is 0 Å². The fourth-order valence-electron chi connectivity index (χ4n) is 2.17. The number of hydrogen-bond donors (Lipinski definition) is 3. The topological polar surface area (TPSA) is 78.0 Å². The molecular formula is C15H11BrFN3O2. The molecule has 0 aliphatic rings. The van der Waals surface area contributed by atoms with Crippen molar-refractivity contribution in [1.29, 1.82) is 0 Å². The molecule has 1 atom stereocenters. The predicted molar refractivity (Wildman–Crippen MR) is 84.9 cm³/mol. The van der Waals surface area contributed by atoms with Crippen molar-refractivity contribution in [2.24, 2.45) is 0 Å². The van der Waals surface area contributed by atoms with Crippen LogP contribution < -0.4 is 5.32 Å². The first kappa shape index (κ1) is 14.5. The lowest BCUT2D eigenvalue weighted by Gasteiger charge is -2.10.